The van der Waals surface area contributed by atoms with Gasteiger partial charge in [0.1, 0.15) is 0 Å². The van der Waals surface area contributed by atoms with E-state index in [0.29, 0.717) is 0 Å². The summed E-state index contributed by atoms with van der Waals surface area (Å²) in [7, 11) is 0. The van der Waals surface area contributed by atoms with Gasteiger partial charge in [0.05, 0.1) is 18.8 Å². The minimum absolute atomic E-state index is 0.124. The summed E-state index contributed by atoms with van der Waals surface area (Å²) >= 11 is 0. The Kier molecular flexibility index (Phi) is 31.0. The van der Waals surface area contributed by atoms with E-state index in [1.54, 1.807) is 0 Å². The van der Waals surface area contributed by atoms with Crippen molar-refractivity contribution < 1.29 is 10.2 Å². The summed E-state index contributed by atoms with van der Waals surface area (Å²) in [5, 5.41) is 18.7. The molecule has 4 N–H and O–H groups in total. The second-order valence-electron chi connectivity index (χ2n) is 11.7. The zero-order valence-electron chi connectivity index (χ0n) is 24.8. The van der Waals surface area contributed by atoms with Crippen LogP contribution in [-0.4, -0.2) is 29.0 Å². The lowest BCUT2D eigenvalue weighted by Crippen LogP contribution is -2.37. The van der Waals surface area contributed by atoms with Crippen molar-refractivity contribution in [3.05, 3.63) is 0 Å². The summed E-state index contributed by atoms with van der Waals surface area (Å²) in [4.78, 5) is 0. The van der Waals surface area contributed by atoms with Gasteiger partial charge in [0, 0.05) is 0 Å². The van der Waals surface area contributed by atoms with Gasteiger partial charge in [-0.15, -0.1) is 0 Å². The molecule has 0 amide bonds. The van der Waals surface area contributed by atoms with Gasteiger partial charge in [-0.3, -0.25) is 0 Å². The third-order valence-electron chi connectivity index (χ3n) is 8.06. The van der Waals surface area contributed by atoms with E-state index >= 15 is 0 Å². The molecule has 0 rings (SSSR count). The van der Waals surface area contributed by atoms with Crippen LogP contribution in [0, 0.1) is 0 Å². The first kappa shape index (κ1) is 35.9. The molecule has 0 saturated heterocycles. The third-order valence-corrected chi connectivity index (χ3v) is 8.06. The molecule has 36 heavy (non-hydrogen) atoms. The third kappa shape index (κ3) is 28.5. The van der Waals surface area contributed by atoms with Gasteiger partial charge in [0.25, 0.3) is 0 Å². The van der Waals surface area contributed by atoms with Gasteiger partial charge in [-0.05, 0) is 6.42 Å². The second-order valence-corrected chi connectivity index (χ2v) is 11.7. The Bertz CT molecular complexity index is 390. The van der Waals surface area contributed by atoms with Gasteiger partial charge in [0.15, 0.2) is 0 Å². The van der Waals surface area contributed by atoms with Gasteiger partial charge in [0.2, 0.25) is 0 Å². The number of aliphatic hydroxyl groups excluding tert-OH is 2. The molecule has 0 aromatic rings. The molecule has 0 aromatic carbocycles. The van der Waals surface area contributed by atoms with Crippen LogP contribution in [0.25, 0.3) is 0 Å². The first-order valence-corrected chi connectivity index (χ1v) is 16.8. The van der Waals surface area contributed by atoms with Crippen molar-refractivity contribution in [1.29, 1.82) is 0 Å². The smallest absolute Gasteiger partial charge is 0.0713 e. The Balaban J connectivity index is 3.07. The maximum absolute atomic E-state index is 9.73. The summed E-state index contributed by atoms with van der Waals surface area (Å²) in [5.74, 6) is 0. The van der Waals surface area contributed by atoms with Crippen LogP contribution >= 0.6 is 0 Å². The molecular formula is C33H69NO2. The minimum Gasteiger partial charge on any atom is -0.395 e. The van der Waals surface area contributed by atoms with E-state index in [4.69, 9.17) is 10.8 Å². The standard InChI is InChI=1S/C33H69NO2/c1-2-3-4-5-6-7-8-9-10-11-12-13-14-15-16-17-18-19-20-21-22-23-24-25-26-27-28-29-30-33(36)32(34)31-35/h32-33,35-36H,2-31,34H2,1H3/t32-,33+/m0/s1. The molecule has 0 aliphatic heterocycles. The Hall–Kier alpha value is -0.120. The zero-order chi connectivity index (χ0) is 26.4. The fourth-order valence-electron chi connectivity index (χ4n) is 5.36. The van der Waals surface area contributed by atoms with Gasteiger partial charge in [-0.25, -0.2) is 0 Å². The van der Waals surface area contributed by atoms with Crippen molar-refractivity contribution in [3.63, 3.8) is 0 Å². The van der Waals surface area contributed by atoms with Crippen molar-refractivity contribution in [1.82, 2.24) is 0 Å². The van der Waals surface area contributed by atoms with Crippen LogP contribution in [0.3, 0.4) is 0 Å². The molecule has 0 bridgehead atoms. The van der Waals surface area contributed by atoms with Crippen molar-refractivity contribution in [2.45, 2.75) is 205 Å². The molecule has 3 heteroatoms. The topological polar surface area (TPSA) is 66.5 Å². The second kappa shape index (κ2) is 31.1. The highest BCUT2D eigenvalue weighted by molar-refractivity contribution is 4.70. The average Bonchev–Trinajstić information content (AvgIpc) is 2.89. The summed E-state index contributed by atoms with van der Waals surface area (Å²) in [6.45, 7) is 2.17. The van der Waals surface area contributed by atoms with E-state index in [9.17, 15) is 5.11 Å². The fraction of sp³-hybridized carbons (Fsp3) is 1.00. The molecular weight excluding hydrogens is 442 g/mol. The van der Waals surface area contributed by atoms with Crippen molar-refractivity contribution in [2.24, 2.45) is 5.73 Å². The van der Waals surface area contributed by atoms with Crippen molar-refractivity contribution >= 4 is 0 Å². The van der Waals surface area contributed by atoms with E-state index in [0.717, 1.165) is 12.8 Å². The maximum Gasteiger partial charge on any atom is 0.0713 e. The summed E-state index contributed by atoms with van der Waals surface area (Å²) in [6, 6.07) is -0.473. The number of nitrogens with two attached hydrogens (primary N) is 1. The Morgan fingerprint density at radius 1 is 0.417 bits per heavy atom. The van der Waals surface area contributed by atoms with Crippen molar-refractivity contribution in [3.8, 4) is 0 Å². The summed E-state index contributed by atoms with van der Waals surface area (Å²) in [5.41, 5.74) is 5.63. The monoisotopic (exact) mass is 512 g/mol. The lowest BCUT2D eigenvalue weighted by atomic mass is 10.0. The van der Waals surface area contributed by atoms with Crippen molar-refractivity contribution in [2.75, 3.05) is 6.61 Å². The summed E-state index contributed by atoms with van der Waals surface area (Å²) in [6.07, 6.45) is 39.7. The molecule has 218 valence electrons. The van der Waals surface area contributed by atoms with Crippen LogP contribution < -0.4 is 5.73 Å². The lowest BCUT2D eigenvalue weighted by Gasteiger charge is -2.15. The number of hydrogen-bond acceptors (Lipinski definition) is 3. The van der Waals surface area contributed by atoms with Gasteiger partial charge in [-0.2, -0.15) is 0 Å². The molecule has 2 atom stereocenters. The lowest BCUT2D eigenvalue weighted by molar-refractivity contribution is 0.0990. The van der Waals surface area contributed by atoms with E-state index in [1.165, 1.54) is 173 Å². The quantitative estimate of drug-likeness (QED) is 0.0811. The number of aliphatic hydroxyl groups is 2. The molecule has 0 heterocycles. The largest absolute Gasteiger partial charge is 0.395 e. The Labute approximate surface area is 227 Å². The first-order valence-electron chi connectivity index (χ1n) is 16.8. The van der Waals surface area contributed by atoms with Crippen LogP contribution in [0.5, 0.6) is 0 Å². The van der Waals surface area contributed by atoms with E-state index in [1.807, 2.05) is 0 Å². The highest BCUT2D eigenvalue weighted by Gasteiger charge is 2.12. The van der Waals surface area contributed by atoms with E-state index in [-0.39, 0.29) is 6.61 Å². The van der Waals surface area contributed by atoms with Gasteiger partial charge in [-0.1, -0.05) is 187 Å². The normalized spacial score (nSPS) is 13.3. The molecule has 0 spiro atoms. The van der Waals surface area contributed by atoms with E-state index < -0.39 is 12.1 Å². The molecule has 0 saturated carbocycles. The van der Waals surface area contributed by atoms with E-state index in [2.05, 4.69) is 6.92 Å². The van der Waals surface area contributed by atoms with Crippen LogP contribution in [-0.2, 0) is 0 Å². The van der Waals surface area contributed by atoms with Gasteiger partial charge < -0.3 is 15.9 Å². The number of hydrogen-bond donors (Lipinski definition) is 3. The fourth-order valence-corrected chi connectivity index (χ4v) is 5.36. The van der Waals surface area contributed by atoms with Gasteiger partial charge >= 0.3 is 0 Å². The highest BCUT2D eigenvalue weighted by atomic mass is 16.3. The van der Waals surface area contributed by atoms with Crippen LogP contribution in [0.1, 0.15) is 193 Å². The molecule has 0 aromatic heterocycles. The first-order chi connectivity index (χ1) is 17.7. The molecule has 0 fully saturated rings. The molecule has 0 unspecified atom stereocenters. The Morgan fingerprint density at radius 2 is 0.639 bits per heavy atom. The van der Waals surface area contributed by atoms with Crippen LogP contribution in [0.4, 0.5) is 0 Å². The predicted octanol–water partition coefficient (Wildman–Crippen LogP) is 10.00. The van der Waals surface area contributed by atoms with Crippen LogP contribution in [0.2, 0.25) is 0 Å². The number of rotatable bonds is 31. The molecule has 0 aliphatic rings. The minimum atomic E-state index is -0.543. The average molecular weight is 512 g/mol. The Morgan fingerprint density at radius 3 is 0.861 bits per heavy atom. The zero-order valence-corrected chi connectivity index (χ0v) is 24.8. The SMILES string of the molecule is CCCCCCCCCCCCCCCCCCCCCCCCCCCCCC[C@@H](O)[C@@H](N)CO. The summed E-state index contributed by atoms with van der Waals surface area (Å²) < 4.78 is 0. The molecule has 0 radical (unpaired) electrons. The van der Waals surface area contributed by atoms with Crippen LogP contribution in [0.15, 0.2) is 0 Å². The highest BCUT2D eigenvalue weighted by Crippen LogP contribution is 2.16. The maximum atomic E-state index is 9.73. The molecule has 3 nitrogen and oxygen atoms in total. The molecule has 0 aliphatic carbocycles. The number of unbranched alkanes of at least 4 members (excludes halogenated alkanes) is 27. The predicted molar refractivity (Wildman–Crippen MR) is 161 cm³/mol.